The van der Waals surface area contributed by atoms with Crippen molar-refractivity contribution in [3.8, 4) is 0 Å². The summed E-state index contributed by atoms with van der Waals surface area (Å²) in [5.41, 5.74) is 0. The molecule has 14 heavy (non-hydrogen) atoms. The van der Waals surface area contributed by atoms with E-state index >= 15 is 0 Å². The summed E-state index contributed by atoms with van der Waals surface area (Å²) in [4.78, 5) is 13.8. The van der Waals surface area contributed by atoms with Gasteiger partial charge in [-0.05, 0) is 25.8 Å². The van der Waals surface area contributed by atoms with Crippen LogP contribution in [0.2, 0.25) is 0 Å². The van der Waals surface area contributed by atoms with Crippen LogP contribution in [-0.4, -0.2) is 48.2 Å². The molecule has 1 saturated heterocycles. The fourth-order valence-electron chi connectivity index (χ4n) is 1.92. The van der Waals surface area contributed by atoms with E-state index in [1.807, 2.05) is 0 Å². The highest BCUT2D eigenvalue weighted by Crippen LogP contribution is 2.09. The van der Waals surface area contributed by atoms with Crippen molar-refractivity contribution >= 4 is 5.91 Å². The standard InChI is InChI=1S/C10H20N2O2/c1-2-6-12-7-3-5-11-10(14)9(12)4-8-13/h9,13H,2-8H2,1H3,(H,11,14). The number of carbonyl (C=O) groups is 1. The molecular weight excluding hydrogens is 180 g/mol. The number of nitrogens with zero attached hydrogens (tertiary/aromatic N) is 1. The van der Waals surface area contributed by atoms with Crippen molar-refractivity contribution in [3.63, 3.8) is 0 Å². The molecule has 1 fully saturated rings. The van der Waals surface area contributed by atoms with Gasteiger partial charge in [-0.25, -0.2) is 0 Å². The predicted molar refractivity (Wildman–Crippen MR) is 55.0 cm³/mol. The molecule has 0 aromatic heterocycles. The largest absolute Gasteiger partial charge is 0.396 e. The lowest BCUT2D eigenvalue weighted by atomic mass is 10.1. The molecule has 82 valence electrons. The molecule has 1 atom stereocenters. The average molecular weight is 200 g/mol. The van der Waals surface area contributed by atoms with Crippen molar-refractivity contribution in [2.75, 3.05) is 26.2 Å². The molecule has 1 rings (SSSR count). The third-order valence-electron chi connectivity index (χ3n) is 2.58. The lowest BCUT2D eigenvalue weighted by Gasteiger charge is -2.27. The number of aliphatic hydroxyl groups is 1. The Bertz CT molecular complexity index is 185. The molecule has 0 radical (unpaired) electrons. The van der Waals surface area contributed by atoms with Gasteiger partial charge in [0.2, 0.25) is 5.91 Å². The number of hydrogen-bond donors (Lipinski definition) is 2. The number of aliphatic hydroxyl groups excluding tert-OH is 1. The Morgan fingerprint density at radius 2 is 2.43 bits per heavy atom. The number of amides is 1. The first-order valence-electron chi connectivity index (χ1n) is 5.42. The van der Waals surface area contributed by atoms with Gasteiger partial charge in [-0.3, -0.25) is 9.69 Å². The Hall–Kier alpha value is -0.610. The normalized spacial score (nSPS) is 24.4. The molecule has 4 heteroatoms. The Labute approximate surface area is 85.3 Å². The summed E-state index contributed by atoms with van der Waals surface area (Å²) in [6.45, 7) is 4.85. The Morgan fingerprint density at radius 3 is 3.07 bits per heavy atom. The SMILES string of the molecule is CCCN1CCCNC(=O)C1CCO. The van der Waals surface area contributed by atoms with E-state index in [1.165, 1.54) is 0 Å². The molecule has 0 saturated carbocycles. The van der Waals surface area contributed by atoms with Crippen LogP contribution in [0.4, 0.5) is 0 Å². The van der Waals surface area contributed by atoms with Gasteiger partial charge in [-0.1, -0.05) is 6.92 Å². The number of hydrogen-bond acceptors (Lipinski definition) is 3. The summed E-state index contributed by atoms with van der Waals surface area (Å²) in [6, 6.07) is -0.123. The number of nitrogens with one attached hydrogen (secondary N) is 1. The molecule has 1 heterocycles. The quantitative estimate of drug-likeness (QED) is 0.670. The summed E-state index contributed by atoms with van der Waals surface area (Å²) in [5, 5.41) is 11.8. The third kappa shape index (κ3) is 2.96. The smallest absolute Gasteiger partial charge is 0.237 e. The summed E-state index contributed by atoms with van der Waals surface area (Å²) < 4.78 is 0. The second-order valence-corrected chi connectivity index (χ2v) is 3.71. The number of rotatable bonds is 4. The second-order valence-electron chi connectivity index (χ2n) is 3.71. The summed E-state index contributed by atoms with van der Waals surface area (Å²) in [7, 11) is 0. The van der Waals surface area contributed by atoms with Crippen LogP contribution in [0.5, 0.6) is 0 Å². The van der Waals surface area contributed by atoms with E-state index in [1.54, 1.807) is 0 Å². The number of carbonyl (C=O) groups excluding carboxylic acids is 1. The van der Waals surface area contributed by atoms with Crippen molar-refractivity contribution in [2.24, 2.45) is 0 Å². The van der Waals surface area contributed by atoms with Crippen LogP contribution in [0.1, 0.15) is 26.2 Å². The third-order valence-corrected chi connectivity index (χ3v) is 2.58. The summed E-state index contributed by atoms with van der Waals surface area (Å²) >= 11 is 0. The Morgan fingerprint density at radius 1 is 1.64 bits per heavy atom. The molecule has 0 spiro atoms. The maximum atomic E-state index is 11.6. The highest BCUT2D eigenvalue weighted by atomic mass is 16.3. The van der Waals surface area contributed by atoms with Gasteiger partial charge < -0.3 is 10.4 Å². The highest BCUT2D eigenvalue weighted by molar-refractivity contribution is 5.81. The highest BCUT2D eigenvalue weighted by Gasteiger charge is 2.26. The van der Waals surface area contributed by atoms with Crippen molar-refractivity contribution in [2.45, 2.75) is 32.2 Å². The lowest BCUT2D eigenvalue weighted by molar-refractivity contribution is -0.126. The average Bonchev–Trinajstić information content (AvgIpc) is 2.33. The minimum atomic E-state index is -0.123. The first-order valence-corrected chi connectivity index (χ1v) is 5.42. The lowest BCUT2D eigenvalue weighted by Crippen LogP contribution is -2.45. The van der Waals surface area contributed by atoms with E-state index in [-0.39, 0.29) is 18.6 Å². The Kier molecular flexibility index (Phi) is 4.90. The van der Waals surface area contributed by atoms with Crippen LogP contribution in [0.3, 0.4) is 0 Å². The molecule has 0 bridgehead atoms. The van der Waals surface area contributed by atoms with Gasteiger partial charge in [-0.15, -0.1) is 0 Å². The maximum Gasteiger partial charge on any atom is 0.237 e. The molecule has 0 aromatic rings. The predicted octanol–water partition coefficient (Wildman–Crippen LogP) is -0.0307. The first kappa shape index (κ1) is 11.5. The Balaban J connectivity index is 2.60. The van der Waals surface area contributed by atoms with Crippen molar-refractivity contribution in [3.05, 3.63) is 0 Å². The van der Waals surface area contributed by atoms with Gasteiger partial charge >= 0.3 is 0 Å². The van der Waals surface area contributed by atoms with Gasteiger partial charge in [0.15, 0.2) is 0 Å². The fourth-order valence-corrected chi connectivity index (χ4v) is 1.92. The molecule has 0 aromatic carbocycles. The van der Waals surface area contributed by atoms with E-state index in [2.05, 4.69) is 17.1 Å². The van der Waals surface area contributed by atoms with Crippen LogP contribution in [0.15, 0.2) is 0 Å². The van der Waals surface area contributed by atoms with Gasteiger partial charge in [0.25, 0.3) is 0 Å². The molecule has 1 amide bonds. The molecule has 2 N–H and O–H groups in total. The molecule has 1 aliphatic rings. The zero-order chi connectivity index (χ0) is 10.4. The minimum Gasteiger partial charge on any atom is -0.396 e. The molecule has 1 aliphatic heterocycles. The topological polar surface area (TPSA) is 52.6 Å². The van der Waals surface area contributed by atoms with Crippen molar-refractivity contribution in [1.29, 1.82) is 0 Å². The van der Waals surface area contributed by atoms with Crippen molar-refractivity contribution < 1.29 is 9.90 Å². The zero-order valence-corrected chi connectivity index (χ0v) is 8.83. The van der Waals surface area contributed by atoms with Crippen molar-refractivity contribution in [1.82, 2.24) is 10.2 Å². The minimum absolute atomic E-state index is 0.0741. The van der Waals surface area contributed by atoms with Gasteiger partial charge in [0.05, 0.1) is 6.04 Å². The van der Waals surface area contributed by atoms with Crippen LogP contribution < -0.4 is 5.32 Å². The van der Waals surface area contributed by atoms with Crippen LogP contribution in [0.25, 0.3) is 0 Å². The zero-order valence-electron chi connectivity index (χ0n) is 8.83. The first-order chi connectivity index (χ1) is 6.79. The molecule has 1 unspecified atom stereocenters. The summed E-state index contributed by atoms with van der Waals surface area (Å²) in [5.74, 6) is 0.0741. The molecule has 4 nitrogen and oxygen atoms in total. The van der Waals surface area contributed by atoms with E-state index in [4.69, 9.17) is 5.11 Å². The van der Waals surface area contributed by atoms with Gasteiger partial charge in [0, 0.05) is 19.7 Å². The van der Waals surface area contributed by atoms with Crippen LogP contribution in [0, 0.1) is 0 Å². The van der Waals surface area contributed by atoms with Crippen LogP contribution >= 0.6 is 0 Å². The van der Waals surface area contributed by atoms with E-state index in [0.717, 1.165) is 32.5 Å². The van der Waals surface area contributed by atoms with E-state index in [9.17, 15) is 4.79 Å². The van der Waals surface area contributed by atoms with E-state index < -0.39 is 0 Å². The van der Waals surface area contributed by atoms with Crippen LogP contribution in [-0.2, 0) is 4.79 Å². The molecule has 0 aliphatic carbocycles. The van der Waals surface area contributed by atoms with Gasteiger partial charge in [-0.2, -0.15) is 0 Å². The maximum absolute atomic E-state index is 11.6. The van der Waals surface area contributed by atoms with E-state index in [0.29, 0.717) is 6.42 Å². The monoisotopic (exact) mass is 200 g/mol. The van der Waals surface area contributed by atoms with Gasteiger partial charge in [0.1, 0.15) is 0 Å². The summed E-state index contributed by atoms with van der Waals surface area (Å²) in [6.07, 6.45) is 2.61. The fraction of sp³-hybridized carbons (Fsp3) is 0.900. The second kappa shape index (κ2) is 5.98. The molecular formula is C10H20N2O2.